The molecule has 0 aromatic rings. The summed E-state index contributed by atoms with van der Waals surface area (Å²) >= 11 is 0. The van der Waals surface area contributed by atoms with Crippen molar-refractivity contribution in [3.63, 3.8) is 0 Å². The maximum atomic E-state index is 11.8. The molecule has 2 atom stereocenters. The van der Waals surface area contributed by atoms with Crippen LogP contribution in [0.3, 0.4) is 0 Å². The van der Waals surface area contributed by atoms with Gasteiger partial charge in [0, 0.05) is 12.8 Å². The minimum atomic E-state index is -0.402. The molecule has 3 heteroatoms. The lowest BCUT2D eigenvalue weighted by Gasteiger charge is -2.23. The van der Waals surface area contributed by atoms with Gasteiger partial charge in [0.1, 0.15) is 0 Å². The first kappa shape index (κ1) is 27.9. The van der Waals surface area contributed by atoms with E-state index in [0.717, 1.165) is 25.7 Å². The smallest absolute Gasteiger partial charge is 0.313 e. The van der Waals surface area contributed by atoms with Gasteiger partial charge in [0.05, 0.1) is 0 Å². The largest absolute Gasteiger partial charge is 0.393 e. The molecule has 0 aliphatic rings. The SMILES string of the molecule is CC(CC=CCCC(=O)OC(=O)CCCCCC(C)CC(C)(C)C)CC(C)(C)C. The van der Waals surface area contributed by atoms with Crippen molar-refractivity contribution in [1.82, 2.24) is 0 Å². The summed E-state index contributed by atoms with van der Waals surface area (Å²) in [5, 5.41) is 0. The van der Waals surface area contributed by atoms with E-state index in [0.29, 0.717) is 35.5 Å². The monoisotopic (exact) mass is 408 g/mol. The minimum Gasteiger partial charge on any atom is -0.393 e. The van der Waals surface area contributed by atoms with E-state index in [1.54, 1.807) is 0 Å². The molecule has 0 radical (unpaired) electrons. The van der Waals surface area contributed by atoms with Crippen molar-refractivity contribution in [3.05, 3.63) is 12.2 Å². The van der Waals surface area contributed by atoms with E-state index in [1.165, 1.54) is 19.3 Å². The Morgan fingerprint density at radius 3 is 1.90 bits per heavy atom. The van der Waals surface area contributed by atoms with Crippen molar-refractivity contribution in [2.75, 3.05) is 0 Å². The van der Waals surface area contributed by atoms with Gasteiger partial charge >= 0.3 is 11.9 Å². The molecule has 0 rings (SSSR count). The third-order valence-electron chi connectivity index (χ3n) is 4.95. The first-order valence-electron chi connectivity index (χ1n) is 11.7. The molecular weight excluding hydrogens is 360 g/mol. The molecule has 0 aromatic heterocycles. The fraction of sp³-hybridized carbons (Fsp3) is 0.846. The highest BCUT2D eigenvalue weighted by Crippen LogP contribution is 2.27. The quantitative estimate of drug-likeness (QED) is 0.135. The Kier molecular flexibility index (Phi) is 13.4. The first-order valence-corrected chi connectivity index (χ1v) is 11.7. The van der Waals surface area contributed by atoms with Gasteiger partial charge in [0.25, 0.3) is 0 Å². The molecule has 0 fully saturated rings. The summed E-state index contributed by atoms with van der Waals surface area (Å²) in [7, 11) is 0. The standard InChI is InChI=1S/C26H48O3/c1-21(19-25(3,4)5)15-11-9-13-17-23(27)29-24(28)18-14-10-12-16-22(2)20-26(6,7)8/h9,11,21-22H,10,12-20H2,1-8H3. The summed E-state index contributed by atoms with van der Waals surface area (Å²) in [4.78, 5) is 23.6. The van der Waals surface area contributed by atoms with E-state index in [2.05, 4.69) is 61.5 Å². The van der Waals surface area contributed by atoms with Crippen molar-refractivity contribution < 1.29 is 14.3 Å². The highest BCUT2D eigenvalue weighted by molar-refractivity contribution is 5.85. The topological polar surface area (TPSA) is 43.4 Å². The van der Waals surface area contributed by atoms with Crippen LogP contribution in [-0.4, -0.2) is 11.9 Å². The second-order valence-corrected chi connectivity index (χ2v) is 11.4. The van der Waals surface area contributed by atoms with Crippen LogP contribution in [0.1, 0.15) is 120 Å². The lowest BCUT2D eigenvalue weighted by atomic mass is 9.83. The van der Waals surface area contributed by atoms with Crippen LogP contribution in [0, 0.1) is 22.7 Å². The molecule has 3 nitrogen and oxygen atoms in total. The van der Waals surface area contributed by atoms with Gasteiger partial charge in [-0.1, -0.05) is 86.8 Å². The van der Waals surface area contributed by atoms with E-state index in [4.69, 9.17) is 4.74 Å². The van der Waals surface area contributed by atoms with Gasteiger partial charge < -0.3 is 4.74 Å². The molecule has 29 heavy (non-hydrogen) atoms. The van der Waals surface area contributed by atoms with Crippen molar-refractivity contribution in [1.29, 1.82) is 0 Å². The van der Waals surface area contributed by atoms with Gasteiger partial charge in [-0.3, -0.25) is 9.59 Å². The zero-order valence-corrected chi connectivity index (χ0v) is 20.6. The molecule has 0 amide bonds. The Balaban J connectivity index is 3.77. The number of esters is 2. The highest BCUT2D eigenvalue weighted by atomic mass is 16.6. The molecule has 0 aliphatic heterocycles. The maximum absolute atomic E-state index is 11.8. The number of carbonyl (C=O) groups is 2. The van der Waals surface area contributed by atoms with Gasteiger partial charge in [-0.25, -0.2) is 0 Å². The van der Waals surface area contributed by atoms with E-state index in [1.807, 2.05) is 6.08 Å². The van der Waals surface area contributed by atoms with Gasteiger partial charge in [-0.2, -0.15) is 0 Å². The Bertz CT molecular complexity index is 491. The van der Waals surface area contributed by atoms with Gasteiger partial charge in [0.15, 0.2) is 0 Å². The van der Waals surface area contributed by atoms with Crippen LogP contribution >= 0.6 is 0 Å². The molecule has 2 unspecified atom stereocenters. The summed E-state index contributed by atoms with van der Waals surface area (Å²) in [6, 6.07) is 0. The van der Waals surface area contributed by atoms with Crippen LogP contribution < -0.4 is 0 Å². The second-order valence-electron chi connectivity index (χ2n) is 11.4. The van der Waals surface area contributed by atoms with E-state index < -0.39 is 5.97 Å². The molecule has 0 heterocycles. The highest BCUT2D eigenvalue weighted by Gasteiger charge is 2.15. The summed E-state index contributed by atoms with van der Waals surface area (Å²) in [5.41, 5.74) is 0.728. The Labute approximate surface area is 181 Å². The number of unbranched alkanes of at least 4 members (excludes halogenated alkanes) is 2. The van der Waals surface area contributed by atoms with Crippen LogP contribution in [0.2, 0.25) is 0 Å². The zero-order chi connectivity index (χ0) is 22.5. The normalized spacial score (nSPS) is 14.8. The fourth-order valence-electron chi connectivity index (χ4n) is 4.09. The van der Waals surface area contributed by atoms with Crippen molar-refractivity contribution in [3.8, 4) is 0 Å². The molecule has 0 saturated heterocycles. The molecule has 0 bridgehead atoms. The van der Waals surface area contributed by atoms with Gasteiger partial charge in [-0.05, 0) is 54.8 Å². The maximum Gasteiger partial charge on any atom is 0.313 e. The lowest BCUT2D eigenvalue weighted by Crippen LogP contribution is -2.12. The third kappa shape index (κ3) is 19.9. The second kappa shape index (κ2) is 14.0. The number of hydrogen-bond acceptors (Lipinski definition) is 3. The summed E-state index contributed by atoms with van der Waals surface area (Å²) in [5.74, 6) is 0.575. The van der Waals surface area contributed by atoms with Crippen LogP contribution in [0.15, 0.2) is 12.2 Å². The van der Waals surface area contributed by atoms with Crippen LogP contribution in [-0.2, 0) is 14.3 Å². The molecule has 170 valence electrons. The van der Waals surface area contributed by atoms with E-state index in [9.17, 15) is 9.59 Å². The molecule has 0 N–H and O–H groups in total. The number of carbonyl (C=O) groups excluding carboxylic acids is 2. The van der Waals surface area contributed by atoms with E-state index >= 15 is 0 Å². The summed E-state index contributed by atoms with van der Waals surface area (Å²) < 4.78 is 4.93. The van der Waals surface area contributed by atoms with Crippen LogP contribution in [0.25, 0.3) is 0 Å². The van der Waals surface area contributed by atoms with Gasteiger partial charge in [0.2, 0.25) is 0 Å². The number of allylic oxidation sites excluding steroid dienone is 2. The predicted molar refractivity (Wildman–Crippen MR) is 124 cm³/mol. The van der Waals surface area contributed by atoms with Crippen LogP contribution in [0.5, 0.6) is 0 Å². The van der Waals surface area contributed by atoms with Crippen molar-refractivity contribution in [2.45, 2.75) is 120 Å². The summed E-state index contributed by atoms with van der Waals surface area (Å²) in [6.45, 7) is 18.2. The molecular formula is C26H48O3. The number of rotatable bonds is 13. The van der Waals surface area contributed by atoms with Gasteiger partial charge in [-0.15, -0.1) is 0 Å². The number of ether oxygens (including phenoxy) is 1. The number of hydrogen-bond donors (Lipinski definition) is 0. The predicted octanol–water partition coefficient (Wildman–Crippen LogP) is 7.88. The molecule has 0 spiro atoms. The minimum absolute atomic E-state index is 0.278. The molecule has 0 aliphatic carbocycles. The zero-order valence-electron chi connectivity index (χ0n) is 20.6. The average Bonchev–Trinajstić information content (AvgIpc) is 2.50. The molecule has 0 aromatic carbocycles. The van der Waals surface area contributed by atoms with E-state index in [-0.39, 0.29) is 12.4 Å². The van der Waals surface area contributed by atoms with Crippen LogP contribution in [0.4, 0.5) is 0 Å². The van der Waals surface area contributed by atoms with Crippen molar-refractivity contribution in [2.24, 2.45) is 22.7 Å². The Hall–Kier alpha value is -1.12. The first-order chi connectivity index (χ1) is 13.3. The molecule has 0 saturated carbocycles. The Morgan fingerprint density at radius 1 is 0.759 bits per heavy atom. The Morgan fingerprint density at radius 2 is 1.31 bits per heavy atom. The van der Waals surface area contributed by atoms with Crippen molar-refractivity contribution >= 4 is 11.9 Å². The lowest BCUT2D eigenvalue weighted by molar-refractivity contribution is -0.159. The third-order valence-corrected chi connectivity index (χ3v) is 4.95. The average molecular weight is 409 g/mol. The summed E-state index contributed by atoms with van der Waals surface area (Å²) in [6.07, 6.45) is 13.0. The fourth-order valence-corrected chi connectivity index (χ4v) is 4.09.